The van der Waals surface area contributed by atoms with Gasteiger partial charge in [0.25, 0.3) is 0 Å². The van der Waals surface area contributed by atoms with E-state index in [1.165, 1.54) is 0 Å². The number of esters is 1. The summed E-state index contributed by atoms with van der Waals surface area (Å²) in [4.78, 5) is 22.1. The molecule has 0 aliphatic carbocycles. The third-order valence-electron chi connectivity index (χ3n) is 1.50. The minimum absolute atomic E-state index is 0. The molecule has 0 aliphatic heterocycles. The van der Waals surface area contributed by atoms with Crippen LogP contribution in [-0.2, 0) is 9.53 Å². The van der Waals surface area contributed by atoms with Gasteiger partial charge >= 0.3 is 24.8 Å². The molecule has 0 aromatic carbocycles. The minimum atomic E-state index is -2.22. The quantitative estimate of drug-likeness (QED) is 0.229. The summed E-state index contributed by atoms with van der Waals surface area (Å²) in [7, 11) is -2.22. The maximum Gasteiger partial charge on any atom is 1.00 e. The number of ether oxygens (including phenoxy) is 1. The first kappa shape index (κ1) is 16.4. The molecule has 0 aromatic rings. The normalized spacial score (nSPS) is 10.3. The maximum atomic E-state index is 11.3. The van der Waals surface area contributed by atoms with E-state index in [0.29, 0.717) is 24.6 Å². The number of hydrogen-bond donors (Lipinski definition) is 0. The maximum absolute atomic E-state index is 11.3. The Kier molecular flexibility index (Phi) is 8.56. The van der Waals surface area contributed by atoms with Crippen LogP contribution in [0.25, 0.3) is 0 Å². The second kappa shape index (κ2) is 7.30. The van der Waals surface area contributed by atoms with Crippen LogP contribution in [0.15, 0.2) is 12.2 Å². The van der Waals surface area contributed by atoms with E-state index in [1.54, 1.807) is 20.0 Å². The van der Waals surface area contributed by atoms with Gasteiger partial charge in [0.1, 0.15) is 0 Å². The zero-order valence-electron chi connectivity index (χ0n) is 9.55. The molecule has 0 amide bonds. The van der Waals surface area contributed by atoms with Crippen molar-refractivity contribution in [2.75, 3.05) is 6.61 Å². The Hall–Kier alpha value is -0.0157. The van der Waals surface area contributed by atoms with Crippen LogP contribution in [0.5, 0.6) is 0 Å². The zero-order valence-corrected chi connectivity index (χ0v) is 10.6. The average molecular weight is 208 g/mol. The second-order valence-electron chi connectivity index (χ2n) is 3.78. The fourth-order valence-electron chi connectivity index (χ4n) is 0.786. The van der Waals surface area contributed by atoms with Crippen LogP contribution in [0.2, 0.25) is 19.1 Å². The summed E-state index contributed by atoms with van der Waals surface area (Å²) in [6.07, 6.45) is 0.668. The van der Waals surface area contributed by atoms with Gasteiger partial charge in [-0.2, -0.15) is 0 Å². The van der Waals surface area contributed by atoms with E-state index in [9.17, 15) is 9.59 Å². The van der Waals surface area contributed by atoms with E-state index in [4.69, 9.17) is 4.74 Å². The SMILES string of the molecule is C=C(C)C(=O)OCCC[Si](C)(C)[O-].[Li+]. The summed E-state index contributed by atoms with van der Waals surface area (Å²) < 4.78 is 4.84. The van der Waals surface area contributed by atoms with Crippen LogP contribution in [0.3, 0.4) is 0 Å². The molecule has 0 N–H and O–H groups in total. The third-order valence-corrected chi connectivity index (χ3v) is 3.06. The van der Waals surface area contributed by atoms with Gasteiger partial charge in [-0.05, 0) is 13.3 Å². The van der Waals surface area contributed by atoms with Gasteiger partial charge in [-0.3, -0.25) is 0 Å². The molecule has 0 heterocycles. The van der Waals surface area contributed by atoms with Gasteiger partial charge in [0.2, 0.25) is 0 Å². The van der Waals surface area contributed by atoms with Crippen molar-refractivity contribution in [1.82, 2.24) is 0 Å². The molecular formula is C9H17LiO3Si. The summed E-state index contributed by atoms with van der Waals surface area (Å²) in [6.45, 7) is 8.91. The molecule has 0 spiro atoms. The second-order valence-corrected chi connectivity index (χ2v) is 7.80. The Morgan fingerprint density at radius 1 is 1.50 bits per heavy atom. The van der Waals surface area contributed by atoms with Crippen molar-refractivity contribution in [3.63, 3.8) is 0 Å². The predicted molar refractivity (Wildman–Crippen MR) is 52.7 cm³/mol. The van der Waals surface area contributed by atoms with Crippen LogP contribution in [0.1, 0.15) is 13.3 Å². The van der Waals surface area contributed by atoms with Crippen molar-refractivity contribution < 1.29 is 33.2 Å². The first-order chi connectivity index (χ1) is 5.83. The fraction of sp³-hybridized carbons (Fsp3) is 0.667. The van der Waals surface area contributed by atoms with E-state index in [-0.39, 0.29) is 24.8 Å². The smallest absolute Gasteiger partial charge is 0.859 e. The Bertz CT molecular complexity index is 199. The number of hydrogen-bond acceptors (Lipinski definition) is 3. The molecule has 0 bridgehead atoms. The van der Waals surface area contributed by atoms with E-state index >= 15 is 0 Å². The zero-order chi connectivity index (χ0) is 10.5. The van der Waals surface area contributed by atoms with Gasteiger partial charge in [0.15, 0.2) is 0 Å². The molecular weight excluding hydrogens is 191 g/mol. The number of carbonyl (C=O) groups excluding carboxylic acids is 1. The Morgan fingerprint density at radius 2 is 2.00 bits per heavy atom. The third kappa shape index (κ3) is 10.1. The molecule has 0 rings (SSSR count). The van der Waals surface area contributed by atoms with Crippen molar-refractivity contribution in [2.45, 2.75) is 32.5 Å². The molecule has 0 aromatic heterocycles. The van der Waals surface area contributed by atoms with Gasteiger partial charge in [-0.15, -0.1) is 0 Å². The molecule has 0 saturated heterocycles. The fourth-order valence-corrected chi connectivity index (χ4v) is 1.78. The average Bonchev–Trinajstić information content (AvgIpc) is 1.95. The molecule has 5 heteroatoms. The molecule has 76 valence electrons. The molecule has 14 heavy (non-hydrogen) atoms. The molecule has 0 atom stereocenters. The summed E-state index contributed by atoms with van der Waals surface area (Å²) in [5, 5.41) is 0. The van der Waals surface area contributed by atoms with Crippen LogP contribution in [0, 0.1) is 0 Å². The van der Waals surface area contributed by atoms with Crippen molar-refractivity contribution >= 4 is 14.3 Å². The van der Waals surface area contributed by atoms with E-state index in [0.717, 1.165) is 0 Å². The topological polar surface area (TPSA) is 49.4 Å². The van der Waals surface area contributed by atoms with Crippen LogP contribution < -0.4 is 23.7 Å². The number of carbonyl (C=O) groups is 1. The van der Waals surface area contributed by atoms with Crippen LogP contribution in [-0.4, -0.2) is 20.9 Å². The number of rotatable bonds is 5. The van der Waals surface area contributed by atoms with Crippen molar-refractivity contribution in [3.05, 3.63) is 12.2 Å². The van der Waals surface area contributed by atoms with Crippen molar-refractivity contribution in [2.24, 2.45) is 0 Å². The Balaban J connectivity index is 0. The van der Waals surface area contributed by atoms with Gasteiger partial charge in [-0.25, -0.2) is 4.79 Å². The van der Waals surface area contributed by atoms with E-state index in [2.05, 4.69) is 6.58 Å². The van der Waals surface area contributed by atoms with E-state index < -0.39 is 8.32 Å². The monoisotopic (exact) mass is 208 g/mol. The molecule has 0 radical (unpaired) electrons. The van der Waals surface area contributed by atoms with Crippen LogP contribution >= 0.6 is 0 Å². The molecule has 0 aliphatic rings. The van der Waals surface area contributed by atoms with Gasteiger partial charge in [-0.1, -0.05) is 34.0 Å². The summed E-state index contributed by atoms with van der Waals surface area (Å²) in [5.41, 5.74) is 0.402. The van der Waals surface area contributed by atoms with Gasteiger partial charge < -0.3 is 9.53 Å². The minimum Gasteiger partial charge on any atom is -0.859 e. The van der Waals surface area contributed by atoms with Gasteiger partial charge in [0.05, 0.1) is 6.61 Å². The molecule has 3 nitrogen and oxygen atoms in total. The molecule has 0 unspecified atom stereocenters. The molecule has 0 fully saturated rings. The largest absolute Gasteiger partial charge is 1.00 e. The molecule has 0 saturated carbocycles. The van der Waals surface area contributed by atoms with Crippen LogP contribution in [0.4, 0.5) is 0 Å². The summed E-state index contributed by atoms with van der Waals surface area (Å²) >= 11 is 0. The van der Waals surface area contributed by atoms with Crippen molar-refractivity contribution in [3.8, 4) is 0 Å². The first-order valence-electron chi connectivity index (χ1n) is 4.36. The Morgan fingerprint density at radius 3 is 2.36 bits per heavy atom. The first-order valence-corrected chi connectivity index (χ1v) is 7.47. The Labute approximate surface area is 98.8 Å². The van der Waals surface area contributed by atoms with E-state index in [1.807, 2.05) is 0 Å². The van der Waals surface area contributed by atoms with Gasteiger partial charge in [0, 0.05) is 5.57 Å². The summed E-state index contributed by atoms with van der Waals surface area (Å²) in [6, 6.07) is 0.649. The predicted octanol–water partition coefficient (Wildman–Crippen LogP) is -1.93. The standard InChI is InChI=1S/C9H17O3Si.Li/c1-8(2)9(10)12-6-5-7-13(3,4)11;/h1,5-7H2,2-4H3;/q-1;+1. The summed E-state index contributed by atoms with van der Waals surface area (Å²) in [5.74, 6) is -0.370. The van der Waals surface area contributed by atoms with Crippen molar-refractivity contribution in [1.29, 1.82) is 0 Å².